The number of carbonyl (C=O) groups is 3. The molecular weight excluding hydrogens is 480 g/mol. The first-order valence-electron chi connectivity index (χ1n) is 12.8. The zero-order valence-electron chi connectivity index (χ0n) is 21.3. The Morgan fingerprint density at radius 2 is 1.83 bits per heavy atom. The summed E-state index contributed by atoms with van der Waals surface area (Å²) >= 11 is 0. The molecule has 3 saturated carbocycles. The first-order chi connectivity index (χ1) is 17.0. The minimum Gasteiger partial charge on any atom is -0.468 e. The summed E-state index contributed by atoms with van der Waals surface area (Å²) in [6, 6.07) is 8.41. The Kier molecular flexibility index (Phi) is 7.21. The summed E-state index contributed by atoms with van der Waals surface area (Å²) in [6.45, 7) is 4.17. The molecular formula is C28H36O7S. The summed E-state index contributed by atoms with van der Waals surface area (Å²) in [4.78, 5) is 38.2. The molecule has 36 heavy (non-hydrogen) atoms. The standard InChI is InChI=1S/C28H36O7S/c1-26(2)20-14-17-28(26,19-36(32,33)21-10-5-4-6-11-21)23(18-20)35-24(30)13-9-16-27(25(31)34-3)15-8-7-12-22(27)29/h4-6,9-11,13,20,23H,7-8,12,14-19H2,1-3H3/b13-9+/t20-,23-,27+,28-/m0/s1. The summed E-state index contributed by atoms with van der Waals surface area (Å²) < 4.78 is 37.6. The van der Waals surface area contributed by atoms with E-state index in [1.165, 1.54) is 19.3 Å². The molecule has 0 saturated heterocycles. The molecule has 0 amide bonds. The van der Waals surface area contributed by atoms with Gasteiger partial charge in [0, 0.05) is 17.9 Å². The van der Waals surface area contributed by atoms with Crippen molar-refractivity contribution in [1.82, 2.24) is 0 Å². The van der Waals surface area contributed by atoms with E-state index in [4.69, 9.17) is 9.47 Å². The van der Waals surface area contributed by atoms with E-state index in [2.05, 4.69) is 13.8 Å². The lowest BCUT2D eigenvalue weighted by molar-refractivity contribution is -0.160. The van der Waals surface area contributed by atoms with E-state index in [0.717, 1.165) is 19.3 Å². The molecule has 3 fully saturated rings. The van der Waals surface area contributed by atoms with E-state index in [-0.39, 0.29) is 34.2 Å². The molecule has 196 valence electrons. The fraction of sp³-hybridized carbons (Fsp3) is 0.607. The van der Waals surface area contributed by atoms with Crippen LogP contribution >= 0.6 is 0 Å². The summed E-state index contributed by atoms with van der Waals surface area (Å²) in [5.41, 5.74) is -2.22. The van der Waals surface area contributed by atoms with Crippen molar-refractivity contribution in [3.05, 3.63) is 42.5 Å². The Morgan fingerprint density at radius 1 is 1.11 bits per heavy atom. The van der Waals surface area contributed by atoms with Crippen molar-refractivity contribution >= 4 is 27.6 Å². The van der Waals surface area contributed by atoms with Crippen LogP contribution in [0.5, 0.6) is 0 Å². The van der Waals surface area contributed by atoms with Gasteiger partial charge in [-0.15, -0.1) is 0 Å². The van der Waals surface area contributed by atoms with Crippen LogP contribution in [0.3, 0.4) is 0 Å². The van der Waals surface area contributed by atoms with Gasteiger partial charge in [0.1, 0.15) is 17.3 Å². The zero-order chi connectivity index (χ0) is 26.2. The van der Waals surface area contributed by atoms with Gasteiger partial charge in [0.15, 0.2) is 9.84 Å². The summed E-state index contributed by atoms with van der Waals surface area (Å²) in [5, 5.41) is 0. The fourth-order valence-corrected chi connectivity index (χ4v) is 9.01. The molecule has 3 aliphatic rings. The lowest BCUT2D eigenvalue weighted by Gasteiger charge is -2.41. The molecule has 0 radical (unpaired) electrons. The number of ketones is 1. The second kappa shape index (κ2) is 9.77. The third kappa shape index (κ3) is 4.42. The second-order valence-electron chi connectivity index (χ2n) is 11.2. The number of benzene rings is 1. The lowest BCUT2D eigenvalue weighted by atomic mass is 9.69. The Balaban J connectivity index is 1.51. The average Bonchev–Trinajstić information content (AvgIpc) is 3.20. The van der Waals surface area contributed by atoms with Crippen LogP contribution in [-0.2, 0) is 33.7 Å². The van der Waals surface area contributed by atoms with Crippen molar-refractivity contribution in [2.45, 2.75) is 76.2 Å². The topological polar surface area (TPSA) is 104 Å². The number of esters is 2. The van der Waals surface area contributed by atoms with Gasteiger partial charge < -0.3 is 9.47 Å². The van der Waals surface area contributed by atoms with E-state index in [1.54, 1.807) is 30.3 Å². The van der Waals surface area contributed by atoms with Crippen molar-refractivity contribution < 1.29 is 32.3 Å². The van der Waals surface area contributed by atoms with E-state index in [1.807, 2.05) is 0 Å². The van der Waals surface area contributed by atoms with Gasteiger partial charge in [-0.25, -0.2) is 13.2 Å². The lowest BCUT2D eigenvalue weighted by Crippen LogP contribution is -2.46. The maximum absolute atomic E-state index is 13.4. The Morgan fingerprint density at radius 3 is 2.47 bits per heavy atom. The van der Waals surface area contributed by atoms with Crippen LogP contribution in [0.25, 0.3) is 0 Å². The van der Waals surface area contributed by atoms with Crippen LogP contribution in [0, 0.1) is 22.2 Å². The third-order valence-electron chi connectivity index (χ3n) is 9.25. The number of sulfone groups is 1. The monoisotopic (exact) mass is 516 g/mol. The van der Waals surface area contributed by atoms with Crippen LogP contribution in [0.4, 0.5) is 0 Å². The minimum absolute atomic E-state index is 0.0743. The Hall–Kier alpha value is -2.48. The number of ether oxygens (including phenoxy) is 2. The molecule has 4 atom stereocenters. The first kappa shape index (κ1) is 26.6. The maximum Gasteiger partial charge on any atom is 0.330 e. The van der Waals surface area contributed by atoms with E-state index in [0.29, 0.717) is 25.7 Å². The van der Waals surface area contributed by atoms with Gasteiger partial charge in [-0.2, -0.15) is 0 Å². The van der Waals surface area contributed by atoms with Gasteiger partial charge >= 0.3 is 11.9 Å². The molecule has 2 bridgehead atoms. The van der Waals surface area contributed by atoms with Crippen LogP contribution in [0.15, 0.2) is 47.4 Å². The molecule has 1 aromatic rings. The van der Waals surface area contributed by atoms with Crippen LogP contribution in [-0.4, -0.2) is 45.1 Å². The fourth-order valence-electron chi connectivity index (χ4n) is 6.89. The predicted octanol–water partition coefficient (Wildman–Crippen LogP) is 4.45. The average molecular weight is 517 g/mol. The molecule has 3 aliphatic carbocycles. The van der Waals surface area contributed by atoms with Crippen molar-refractivity contribution in [2.24, 2.45) is 22.2 Å². The van der Waals surface area contributed by atoms with Gasteiger partial charge in [0.05, 0.1) is 17.8 Å². The predicted molar refractivity (Wildman–Crippen MR) is 134 cm³/mol. The molecule has 0 N–H and O–H groups in total. The van der Waals surface area contributed by atoms with Crippen molar-refractivity contribution in [2.75, 3.05) is 12.9 Å². The number of fused-ring (bicyclic) bond motifs is 2. The SMILES string of the molecule is COC(=O)[C@@]1(C/C=C/C(=O)O[C@H]2C[C@@H]3CC[C@@]2(CS(=O)(=O)c2ccccc2)C3(C)C)CCCCC1=O. The van der Waals surface area contributed by atoms with Crippen LogP contribution in [0.1, 0.15) is 65.2 Å². The van der Waals surface area contributed by atoms with Gasteiger partial charge in [-0.05, 0) is 62.0 Å². The van der Waals surface area contributed by atoms with Crippen molar-refractivity contribution in [3.63, 3.8) is 0 Å². The van der Waals surface area contributed by atoms with Gasteiger partial charge in [0.25, 0.3) is 0 Å². The molecule has 0 aliphatic heterocycles. The van der Waals surface area contributed by atoms with Gasteiger partial charge in [-0.3, -0.25) is 9.59 Å². The summed E-state index contributed by atoms with van der Waals surface area (Å²) in [5.74, 6) is -1.10. The highest BCUT2D eigenvalue weighted by Gasteiger charge is 2.66. The maximum atomic E-state index is 13.4. The molecule has 0 unspecified atom stereocenters. The van der Waals surface area contributed by atoms with Gasteiger partial charge in [0.2, 0.25) is 0 Å². The number of Topliss-reactive ketones (excluding diaryl/α,β-unsaturated/α-hetero) is 1. The number of allylic oxidation sites excluding steroid dienone is 1. The molecule has 0 spiro atoms. The quantitative estimate of drug-likeness (QED) is 0.286. The Bertz CT molecular complexity index is 1140. The Labute approximate surface area is 213 Å². The molecule has 4 rings (SSSR count). The number of carbonyl (C=O) groups excluding carboxylic acids is 3. The molecule has 0 heterocycles. The molecule has 8 heteroatoms. The summed E-state index contributed by atoms with van der Waals surface area (Å²) in [7, 11) is -2.32. The van der Waals surface area contributed by atoms with Crippen LogP contribution in [0.2, 0.25) is 0 Å². The summed E-state index contributed by atoms with van der Waals surface area (Å²) in [6.07, 6.45) is 6.78. The van der Waals surface area contributed by atoms with Crippen molar-refractivity contribution in [1.29, 1.82) is 0 Å². The van der Waals surface area contributed by atoms with Gasteiger partial charge in [-0.1, -0.05) is 44.5 Å². The molecule has 1 aromatic carbocycles. The number of hydrogen-bond donors (Lipinski definition) is 0. The van der Waals surface area contributed by atoms with Crippen molar-refractivity contribution in [3.8, 4) is 0 Å². The normalized spacial score (nSPS) is 31.5. The van der Waals surface area contributed by atoms with E-state index < -0.39 is 38.7 Å². The van der Waals surface area contributed by atoms with E-state index >= 15 is 0 Å². The number of methoxy groups -OCH3 is 1. The number of rotatable bonds is 8. The zero-order valence-corrected chi connectivity index (χ0v) is 22.1. The largest absolute Gasteiger partial charge is 0.468 e. The highest BCUT2D eigenvalue weighted by molar-refractivity contribution is 7.91. The highest BCUT2D eigenvalue weighted by atomic mass is 32.2. The third-order valence-corrected chi connectivity index (χ3v) is 11.1. The second-order valence-corrected chi connectivity index (χ2v) is 13.1. The first-order valence-corrected chi connectivity index (χ1v) is 14.4. The molecule has 0 aromatic heterocycles. The number of hydrogen-bond acceptors (Lipinski definition) is 7. The highest BCUT2D eigenvalue weighted by Crippen LogP contribution is 2.67. The smallest absolute Gasteiger partial charge is 0.330 e. The van der Waals surface area contributed by atoms with E-state index in [9.17, 15) is 22.8 Å². The minimum atomic E-state index is -3.58. The van der Waals surface area contributed by atoms with Crippen LogP contribution < -0.4 is 0 Å². The molecule has 7 nitrogen and oxygen atoms in total.